The molecule has 1 aromatic rings. The normalized spacial score (nSPS) is 18.0. The Hall–Kier alpha value is -2.06. The molecule has 2 fully saturated rings. The maximum absolute atomic E-state index is 12.4. The van der Waals surface area contributed by atoms with Gasteiger partial charge in [0.15, 0.2) is 0 Å². The van der Waals surface area contributed by atoms with Gasteiger partial charge in [-0.1, -0.05) is 11.8 Å². The Balaban J connectivity index is 1.53. The van der Waals surface area contributed by atoms with Crippen molar-refractivity contribution in [2.75, 3.05) is 39.2 Å². The van der Waals surface area contributed by atoms with E-state index >= 15 is 0 Å². The summed E-state index contributed by atoms with van der Waals surface area (Å²) in [4.78, 5) is 38.6. The molecule has 3 rings (SSSR count). The maximum Gasteiger partial charge on any atom is 0.289 e. The van der Waals surface area contributed by atoms with Crippen LogP contribution in [0.5, 0.6) is 5.75 Å². The number of rotatable bonds is 6. The number of likely N-dealkylation sites (tertiary alicyclic amines) is 1. The van der Waals surface area contributed by atoms with Crippen molar-refractivity contribution < 1.29 is 23.9 Å². The molecule has 0 N–H and O–H groups in total. The van der Waals surface area contributed by atoms with E-state index in [2.05, 4.69) is 0 Å². The van der Waals surface area contributed by atoms with Crippen LogP contribution in [-0.2, 0) is 9.53 Å². The highest BCUT2D eigenvalue weighted by Crippen LogP contribution is 2.27. The number of methoxy groups -OCH3 is 1. The van der Waals surface area contributed by atoms with Crippen molar-refractivity contribution in [2.24, 2.45) is 0 Å². The van der Waals surface area contributed by atoms with Crippen LogP contribution in [0.25, 0.3) is 0 Å². The summed E-state index contributed by atoms with van der Waals surface area (Å²) in [5.74, 6) is 0.602. The highest BCUT2D eigenvalue weighted by Gasteiger charge is 2.43. The maximum atomic E-state index is 12.4. The van der Waals surface area contributed by atoms with Crippen molar-refractivity contribution in [3.63, 3.8) is 0 Å². The molecule has 0 radical (unpaired) electrons. The standard InChI is InChI=1S/C16H18N2O5S/c1-22-6-7-23-13-4-2-11(3-5-13)15(20)17-8-12(9-17)18-14(19)10-24-16(18)21/h2-5,12H,6-10H2,1H3. The zero-order valence-electron chi connectivity index (χ0n) is 13.3. The van der Waals surface area contributed by atoms with Gasteiger partial charge in [-0.3, -0.25) is 19.3 Å². The van der Waals surface area contributed by atoms with E-state index in [9.17, 15) is 14.4 Å². The molecule has 0 unspecified atom stereocenters. The summed E-state index contributed by atoms with van der Waals surface area (Å²) in [5.41, 5.74) is 0.556. The van der Waals surface area contributed by atoms with Gasteiger partial charge in [0.25, 0.3) is 11.1 Å². The Morgan fingerprint density at radius 2 is 1.92 bits per heavy atom. The van der Waals surface area contributed by atoms with Gasteiger partial charge in [-0.05, 0) is 24.3 Å². The summed E-state index contributed by atoms with van der Waals surface area (Å²) >= 11 is 1.02. The molecule has 2 aliphatic heterocycles. The SMILES string of the molecule is COCCOc1ccc(C(=O)N2CC(N3C(=O)CSC3=O)C2)cc1. The van der Waals surface area contributed by atoms with E-state index in [1.54, 1.807) is 36.3 Å². The average Bonchev–Trinajstić information content (AvgIpc) is 2.87. The number of nitrogens with zero attached hydrogens (tertiary/aromatic N) is 2. The van der Waals surface area contributed by atoms with E-state index in [0.717, 1.165) is 11.8 Å². The summed E-state index contributed by atoms with van der Waals surface area (Å²) in [6.07, 6.45) is 0. The molecular formula is C16H18N2O5S. The number of imide groups is 1. The fourth-order valence-corrected chi connectivity index (χ4v) is 3.40. The van der Waals surface area contributed by atoms with E-state index in [0.29, 0.717) is 37.6 Å². The molecule has 0 aliphatic carbocycles. The van der Waals surface area contributed by atoms with E-state index in [4.69, 9.17) is 9.47 Å². The Bertz CT molecular complexity index is 626. The van der Waals surface area contributed by atoms with Crippen LogP contribution in [0.15, 0.2) is 24.3 Å². The molecule has 0 saturated carbocycles. The van der Waals surface area contributed by atoms with Gasteiger partial charge < -0.3 is 14.4 Å². The van der Waals surface area contributed by atoms with E-state index < -0.39 is 0 Å². The van der Waals surface area contributed by atoms with Crippen LogP contribution < -0.4 is 4.74 Å². The zero-order chi connectivity index (χ0) is 17.1. The van der Waals surface area contributed by atoms with Gasteiger partial charge >= 0.3 is 0 Å². The van der Waals surface area contributed by atoms with Gasteiger partial charge in [-0.15, -0.1) is 0 Å². The Kier molecular flexibility index (Phi) is 5.06. The van der Waals surface area contributed by atoms with Gasteiger partial charge in [0.2, 0.25) is 5.91 Å². The minimum absolute atomic E-state index is 0.110. The molecule has 128 valence electrons. The molecule has 8 heteroatoms. The number of thioether (sulfide) groups is 1. The number of amides is 3. The molecule has 1 aromatic carbocycles. The zero-order valence-corrected chi connectivity index (χ0v) is 14.1. The summed E-state index contributed by atoms with van der Waals surface area (Å²) < 4.78 is 10.4. The van der Waals surface area contributed by atoms with Crippen LogP contribution in [0.4, 0.5) is 4.79 Å². The monoisotopic (exact) mass is 350 g/mol. The Labute approximate surface area is 143 Å². The molecule has 2 aliphatic rings. The third-order valence-electron chi connectivity index (χ3n) is 3.96. The van der Waals surface area contributed by atoms with Crippen LogP contribution >= 0.6 is 11.8 Å². The largest absolute Gasteiger partial charge is 0.491 e. The lowest BCUT2D eigenvalue weighted by Gasteiger charge is -2.42. The van der Waals surface area contributed by atoms with E-state index in [-0.39, 0.29) is 28.8 Å². The summed E-state index contributed by atoms with van der Waals surface area (Å²) in [6, 6.07) is 6.70. The van der Waals surface area contributed by atoms with Crippen LogP contribution in [-0.4, -0.2) is 72.1 Å². The topological polar surface area (TPSA) is 76.2 Å². The quantitative estimate of drug-likeness (QED) is 0.719. The summed E-state index contributed by atoms with van der Waals surface area (Å²) in [7, 11) is 1.60. The van der Waals surface area contributed by atoms with Crippen LogP contribution in [0.3, 0.4) is 0 Å². The molecule has 2 saturated heterocycles. The van der Waals surface area contributed by atoms with Crippen LogP contribution in [0.1, 0.15) is 10.4 Å². The van der Waals surface area contributed by atoms with Gasteiger partial charge in [-0.2, -0.15) is 0 Å². The summed E-state index contributed by atoms with van der Waals surface area (Å²) in [5, 5.41) is -0.213. The van der Waals surface area contributed by atoms with E-state index in [1.165, 1.54) is 4.90 Å². The lowest BCUT2D eigenvalue weighted by Crippen LogP contribution is -2.62. The molecule has 0 spiro atoms. The lowest BCUT2D eigenvalue weighted by atomic mass is 10.1. The van der Waals surface area contributed by atoms with Crippen molar-refractivity contribution >= 4 is 28.8 Å². The molecule has 0 aromatic heterocycles. The first-order chi connectivity index (χ1) is 11.6. The first-order valence-corrected chi connectivity index (χ1v) is 8.58. The fourth-order valence-electron chi connectivity index (χ4n) is 2.62. The van der Waals surface area contributed by atoms with Gasteiger partial charge in [-0.25, -0.2) is 0 Å². The second kappa shape index (κ2) is 7.23. The van der Waals surface area contributed by atoms with E-state index in [1.807, 2.05) is 0 Å². The van der Waals surface area contributed by atoms with Crippen molar-refractivity contribution in [1.29, 1.82) is 0 Å². The number of hydrogen-bond donors (Lipinski definition) is 0. The van der Waals surface area contributed by atoms with Gasteiger partial charge in [0.1, 0.15) is 12.4 Å². The predicted octanol–water partition coefficient (Wildman–Crippen LogP) is 1.23. The number of carbonyl (C=O) groups excluding carboxylic acids is 3. The molecule has 2 heterocycles. The molecular weight excluding hydrogens is 332 g/mol. The van der Waals surface area contributed by atoms with Gasteiger partial charge in [0, 0.05) is 25.8 Å². The van der Waals surface area contributed by atoms with Crippen LogP contribution in [0, 0.1) is 0 Å². The minimum Gasteiger partial charge on any atom is -0.491 e. The van der Waals surface area contributed by atoms with Crippen LogP contribution in [0.2, 0.25) is 0 Å². The highest BCUT2D eigenvalue weighted by molar-refractivity contribution is 8.14. The van der Waals surface area contributed by atoms with Crippen molar-refractivity contribution in [3.05, 3.63) is 29.8 Å². The number of hydrogen-bond acceptors (Lipinski definition) is 6. The van der Waals surface area contributed by atoms with Crippen molar-refractivity contribution in [3.8, 4) is 5.75 Å². The van der Waals surface area contributed by atoms with Gasteiger partial charge in [0.05, 0.1) is 18.4 Å². The van der Waals surface area contributed by atoms with Crippen molar-refractivity contribution in [2.45, 2.75) is 6.04 Å². The number of benzene rings is 1. The first kappa shape index (κ1) is 16.8. The molecule has 24 heavy (non-hydrogen) atoms. The molecule has 0 atom stereocenters. The third kappa shape index (κ3) is 3.39. The second-order valence-electron chi connectivity index (χ2n) is 5.55. The smallest absolute Gasteiger partial charge is 0.289 e. The summed E-state index contributed by atoms with van der Waals surface area (Å²) in [6.45, 7) is 1.74. The predicted molar refractivity (Wildman–Crippen MR) is 88.2 cm³/mol. The Morgan fingerprint density at radius 1 is 1.21 bits per heavy atom. The number of carbonyl (C=O) groups is 3. The first-order valence-electron chi connectivity index (χ1n) is 7.60. The van der Waals surface area contributed by atoms with Crippen molar-refractivity contribution in [1.82, 2.24) is 9.80 Å². The Morgan fingerprint density at radius 3 is 2.50 bits per heavy atom. The average molecular weight is 350 g/mol. The molecule has 7 nitrogen and oxygen atoms in total. The minimum atomic E-state index is -0.213. The highest BCUT2D eigenvalue weighted by atomic mass is 32.2. The molecule has 3 amide bonds. The third-order valence-corrected chi connectivity index (χ3v) is 4.79. The lowest BCUT2D eigenvalue weighted by molar-refractivity contribution is -0.128. The fraction of sp³-hybridized carbons (Fsp3) is 0.438. The number of ether oxygens (including phenoxy) is 2. The second-order valence-corrected chi connectivity index (χ2v) is 6.47. The molecule has 0 bridgehead atoms.